The van der Waals surface area contributed by atoms with E-state index in [0.29, 0.717) is 5.82 Å². The van der Waals surface area contributed by atoms with E-state index in [0.717, 1.165) is 16.7 Å². The van der Waals surface area contributed by atoms with Crippen LogP contribution in [0.25, 0.3) is 0 Å². The standard InChI is InChI=1S/C25H21N3O4/c1-31-24(29)23(27-30)21-17-22(28-32-21)26-25(18-11-5-2-6-12-18,19-13-7-3-8-14-19)20-15-9-4-10-16-20/h2-17,30H,1H3,(H,26,28)/b27-23-. The van der Waals surface area contributed by atoms with Crippen molar-refractivity contribution in [2.24, 2.45) is 5.16 Å². The molecule has 1 heterocycles. The van der Waals surface area contributed by atoms with E-state index in [9.17, 15) is 10.0 Å². The molecule has 0 radical (unpaired) electrons. The fraction of sp³-hybridized carbons (Fsp3) is 0.0800. The summed E-state index contributed by atoms with van der Waals surface area (Å²) in [6, 6.07) is 31.4. The lowest BCUT2D eigenvalue weighted by atomic mass is 9.77. The predicted molar refractivity (Wildman–Crippen MR) is 120 cm³/mol. The molecular formula is C25H21N3O4. The van der Waals surface area contributed by atoms with Gasteiger partial charge in [0, 0.05) is 6.07 Å². The van der Waals surface area contributed by atoms with Crippen LogP contribution in [-0.4, -0.2) is 29.2 Å². The summed E-state index contributed by atoms with van der Waals surface area (Å²) in [7, 11) is 1.19. The Morgan fingerprint density at radius 1 is 0.906 bits per heavy atom. The van der Waals surface area contributed by atoms with E-state index in [1.54, 1.807) is 0 Å². The van der Waals surface area contributed by atoms with Crippen LogP contribution in [0.5, 0.6) is 0 Å². The molecule has 0 atom stereocenters. The second-order valence-electron chi connectivity index (χ2n) is 6.99. The number of hydrogen-bond acceptors (Lipinski definition) is 7. The lowest BCUT2D eigenvalue weighted by Gasteiger charge is -2.36. The van der Waals surface area contributed by atoms with Gasteiger partial charge in [0.1, 0.15) is 5.54 Å². The molecule has 0 spiro atoms. The fourth-order valence-electron chi connectivity index (χ4n) is 3.71. The van der Waals surface area contributed by atoms with Crippen LogP contribution < -0.4 is 5.32 Å². The van der Waals surface area contributed by atoms with Gasteiger partial charge in [-0.2, -0.15) is 0 Å². The number of nitrogens with zero attached hydrogens (tertiary/aromatic N) is 2. The molecule has 1 aromatic heterocycles. The molecule has 0 aliphatic heterocycles. The van der Waals surface area contributed by atoms with Crippen molar-refractivity contribution >= 4 is 17.5 Å². The molecular weight excluding hydrogens is 406 g/mol. The van der Waals surface area contributed by atoms with Crippen LogP contribution in [0.15, 0.2) is 107 Å². The number of esters is 1. The molecule has 160 valence electrons. The molecule has 0 saturated heterocycles. The van der Waals surface area contributed by atoms with Gasteiger partial charge in [-0.1, -0.05) is 101 Å². The maximum Gasteiger partial charge on any atom is 0.364 e. The first-order chi connectivity index (χ1) is 15.7. The van der Waals surface area contributed by atoms with Crippen molar-refractivity contribution in [3.05, 3.63) is 120 Å². The predicted octanol–water partition coefficient (Wildman–Crippen LogP) is 4.43. The Hall–Kier alpha value is -4.39. The molecule has 4 rings (SSSR count). The van der Waals surface area contributed by atoms with E-state index in [-0.39, 0.29) is 11.5 Å². The normalized spacial score (nSPS) is 11.7. The number of carbonyl (C=O) groups is 1. The summed E-state index contributed by atoms with van der Waals surface area (Å²) in [6.45, 7) is 0. The average molecular weight is 427 g/mol. The molecule has 2 N–H and O–H groups in total. The number of carbonyl (C=O) groups excluding carboxylic acids is 1. The number of rotatable bonds is 7. The summed E-state index contributed by atoms with van der Waals surface area (Å²) in [5.74, 6) is -0.512. The summed E-state index contributed by atoms with van der Waals surface area (Å²) in [4.78, 5) is 11.9. The van der Waals surface area contributed by atoms with E-state index in [2.05, 4.69) is 20.4 Å². The highest BCUT2D eigenvalue weighted by Crippen LogP contribution is 2.39. The van der Waals surface area contributed by atoms with E-state index >= 15 is 0 Å². The number of aromatic nitrogens is 1. The molecule has 0 fully saturated rings. The summed E-state index contributed by atoms with van der Waals surface area (Å²) in [6.07, 6.45) is 0. The average Bonchev–Trinajstić information content (AvgIpc) is 3.32. The highest BCUT2D eigenvalue weighted by Gasteiger charge is 2.37. The summed E-state index contributed by atoms with van der Waals surface area (Å²) >= 11 is 0. The molecule has 0 bridgehead atoms. The number of hydrogen-bond donors (Lipinski definition) is 2. The van der Waals surface area contributed by atoms with Crippen LogP contribution in [0.1, 0.15) is 22.5 Å². The van der Waals surface area contributed by atoms with Crippen LogP contribution in [0.4, 0.5) is 5.82 Å². The summed E-state index contributed by atoms with van der Waals surface area (Å²) in [5.41, 5.74) is 1.74. The van der Waals surface area contributed by atoms with Gasteiger partial charge in [-0.15, -0.1) is 0 Å². The first-order valence-electron chi connectivity index (χ1n) is 9.91. The van der Waals surface area contributed by atoms with Crippen LogP contribution >= 0.6 is 0 Å². The number of anilines is 1. The molecule has 0 amide bonds. The second-order valence-corrected chi connectivity index (χ2v) is 6.99. The van der Waals surface area contributed by atoms with Crippen molar-refractivity contribution in [3.63, 3.8) is 0 Å². The zero-order valence-electron chi connectivity index (χ0n) is 17.3. The molecule has 7 heteroatoms. The molecule has 0 aliphatic rings. The lowest BCUT2D eigenvalue weighted by Crippen LogP contribution is -2.38. The monoisotopic (exact) mass is 427 g/mol. The SMILES string of the molecule is COC(=O)/C(=N\O)c1cc(NC(c2ccccc2)(c2ccccc2)c2ccccc2)no1. The quantitative estimate of drug-likeness (QED) is 0.149. The molecule has 7 nitrogen and oxygen atoms in total. The van der Waals surface area contributed by atoms with Crippen molar-refractivity contribution < 1.29 is 19.3 Å². The van der Waals surface area contributed by atoms with Crippen molar-refractivity contribution in [3.8, 4) is 0 Å². The van der Waals surface area contributed by atoms with Gasteiger partial charge in [0.25, 0.3) is 0 Å². The van der Waals surface area contributed by atoms with Crippen molar-refractivity contribution in [2.75, 3.05) is 12.4 Å². The molecule has 32 heavy (non-hydrogen) atoms. The minimum atomic E-state index is -0.837. The Kier molecular flexibility index (Phi) is 5.98. The van der Waals surface area contributed by atoms with E-state index in [4.69, 9.17) is 4.52 Å². The molecule has 4 aromatic rings. The Labute approximate surface area is 184 Å². The number of nitrogens with one attached hydrogen (secondary N) is 1. The van der Waals surface area contributed by atoms with Gasteiger partial charge in [0.2, 0.25) is 5.71 Å². The van der Waals surface area contributed by atoms with Crippen LogP contribution in [0, 0.1) is 0 Å². The number of ether oxygens (including phenoxy) is 1. The van der Waals surface area contributed by atoms with Crippen molar-refractivity contribution in [2.45, 2.75) is 5.54 Å². The van der Waals surface area contributed by atoms with E-state index in [1.807, 2.05) is 91.0 Å². The van der Waals surface area contributed by atoms with E-state index < -0.39 is 11.5 Å². The maximum atomic E-state index is 11.9. The van der Waals surface area contributed by atoms with Gasteiger partial charge in [0.15, 0.2) is 11.6 Å². The van der Waals surface area contributed by atoms with Crippen LogP contribution in [0.2, 0.25) is 0 Å². The maximum absolute atomic E-state index is 11.9. The zero-order chi connectivity index (χ0) is 22.4. The highest BCUT2D eigenvalue weighted by molar-refractivity contribution is 6.42. The van der Waals surface area contributed by atoms with Gasteiger partial charge in [-0.3, -0.25) is 0 Å². The molecule has 0 saturated carbocycles. The first-order valence-corrected chi connectivity index (χ1v) is 9.91. The number of methoxy groups -OCH3 is 1. The van der Waals surface area contributed by atoms with E-state index in [1.165, 1.54) is 13.2 Å². The van der Waals surface area contributed by atoms with Gasteiger partial charge in [0.05, 0.1) is 7.11 Å². The smallest absolute Gasteiger partial charge is 0.364 e. The second kappa shape index (κ2) is 9.18. The summed E-state index contributed by atoms with van der Waals surface area (Å²) in [5, 5.41) is 19.8. The number of oxime groups is 1. The Morgan fingerprint density at radius 2 is 1.38 bits per heavy atom. The highest BCUT2D eigenvalue weighted by atomic mass is 16.5. The largest absolute Gasteiger partial charge is 0.464 e. The third kappa shape index (κ3) is 3.83. The van der Waals surface area contributed by atoms with Crippen LogP contribution in [0.3, 0.4) is 0 Å². The topological polar surface area (TPSA) is 97.0 Å². The number of benzene rings is 3. The van der Waals surface area contributed by atoms with Gasteiger partial charge >= 0.3 is 5.97 Å². The zero-order valence-corrected chi connectivity index (χ0v) is 17.3. The Balaban J connectivity index is 1.89. The molecule has 0 aliphatic carbocycles. The van der Waals surface area contributed by atoms with Gasteiger partial charge in [-0.25, -0.2) is 4.79 Å². The fourth-order valence-corrected chi connectivity index (χ4v) is 3.71. The van der Waals surface area contributed by atoms with Gasteiger partial charge < -0.3 is 19.8 Å². The minimum Gasteiger partial charge on any atom is -0.464 e. The minimum absolute atomic E-state index is 0.0232. The third-order valence-electron chi connectivity index (χ3n) is 5.16. The lowest BCUT2D eigenvalue weighted by molar-refractivity contribution is -0.132. The molecule has 0 unspecified atom stereocenters. The third-order valence-corrected chi connectivity index (χ3v) is 5.16. The van der Waals surface area contributed by atoms with Crippen LogP contribution in [-0.2, 0) is 15.1 Å². The van der Waals surface area contributed by atoms with Crippen molar-refractivity contribution in [1.82, 2.24) is 5.16 Å². The first kappa shape index (κ1) is 20.9. The van der Waals surface area contributed by atoms with Gasteiger partial charge in [-0.05, 0) is 16.7 Å². The van der Waals surface area contributed by atoms with Crippen molar-refractivity contribution in [1.29, 1.82) is 0 Å². The molecule has 3 aromatic carbocycles. The Bertz CT molecular complexity index is 1110. The summed E-state index contributed by atoms with van der Waals surface area (Å²) < 4.78 is 9.93. The Morgan fingerprint density at radius 3 is 1.78 bits per heavy atom.